The minimum atomic E-state index is -0.284. The van der Waals surface area contributed by atoms with Crippen molar-refractivity contribution in [3.05, 3.63) is 53.6 Å². The van der Waals surface area contributed by atoms with Crippen LogP contribution in [0, 0.1) is 5.41 Å². The summed E-state index contributed by atoms with van der Waals surface area (Å²) in [6.45, 7) is 11.4. The maximum absolute atomic E-state index is 11.9. The first kappa shape index (κ1) is 21.0. The molecule has 1 aliphatic heterocycles. The van der Waals surface area contributed by atoms with E-state index in [1.54, 1.807) is 0 Å². The molecule has 0 aliphatic carbocycles. The fourth-order valence-electron chi connectivity index (χ4n) is 2.97. The molecule has 0 saturated carbocycles. The lowest BCUT2D eigenvalue weighted by Gasteiger charge is -2.19. The second kappa shape index (κ2) is 9.07. The number of esters is 1. The highest BCUT2D eigenvalue weighted by Gasteiger charge is 2.20. The van der Waals surface area contributed by atoms with E-state index in [0.29, 0.717) is 5.41 Å². The lowest BCUT2D eigenvalue weighted by atomic mass is 9.90. The van der Waals surface area contributed by atoms with Crippen molar-refractivity contribution in [3.8, 4) is 16.9 Å². The molecular formula is C24H32O3. The molecule has 0 bridgehead atoms. The third kappa shape index (κ3) is 6.13. The van der Waals surface area contributed by atoms with Gasteiger partial charge in [0.15, 0.2) is 0 Å². The molecule has 0 saturated heterocycles. The summed E-state index contributed by atoms with van der Waals surface area (Å²) in [6, 6.07) is 14.3. The second-order valence-corrected chi connectivity index (χ2v) is 8.61. The molecule has 1 unspecified atom stereocenters. The number of rotatable bonds is 3. The van der Waals surface area contributed by atoms with E-state index in [0.717, 1.165) is 41.9 Å². The van der Waals surface area contributed by atoms with Crippen LogP contribution >= 0.6 is 0 Å². The molecule has 1 heterocycles. The van der Waals surface area contributed by atoms with E-state index in [-0.39, 0.29) is 11.9 Å². The van der Waals surface area contributed by atoms with Gasteiger partial charge in [-0.2, -0.15) is 0 Å². The van der Waals surface area contributed by atoms with Crippen LogP contribution in [0.15, 0.2) is 42.5 Å². The lowest BCUT2D eigenvalue weighted by Crippen LogP contribution is -2.12. The van der Waals surface area contributed by atoms with Crippen molar-refractivity contribution in [3.63, 3.8) is 0 Å². The van der Waals surface area contributed by atoms with Gasteiger partial charge in [0, 0.05) is 0 Å². The summed E-state index contributed by atoms with van der Waals surface area (Å²) in [5.74, 6) is 0.482. The van der Waals surface area contributed by atoms with Gasteiger partial charge in [-0.05, 0) is 59.6 Å². The van der Waals surface area contributed by atoms with Crippen LogP contribution in [-0.4, -0.2) is 19.7 Å². The molecule has 3 heteroatoms. The van der Waals surface area contributed by atoms with E-state index < -0.39 is 0 Å². The Bertz CT molecular complexity index is 765. The predicted octanol–water partition coefficient (Wildman–Crippen LogP) is 6.01. The van der Waals surface area contributed by atoms with Gasteiger partial charge in [-0.25, -0.2) is 0 Å². The Balaban J connectivity index is 0.000000465. The maximum atomic E-state index is 11.9. The number of methoxy groups -OCH3 is 1. The lowest BCUT2D eigenvalue weighted by molar-refractivity contribution is -0.141. The van der Waals surface area contributed by atoms with Crippen LogP contribution in [0.2, 0.25) is 0 Å². The summed E-state index contributed by atoms with van der Waals surface area (Å²) >= 11 is 0. The number of carbonyl (C=O) groups excluding carboxylic acids is 1. The zero-order chi connectivity index (χ0) is 20.0. The summed E-state index contributed by atoms with van der Waals surface area (Å²) in [5.41, 5.74) is 4.93. The van der Waals surface area contributed by atoms with Gasteiger partial charge in [0.05, 0.1) is 19.6 Å². The normalized spacial score (nSPS) is 14.1. The van der Waals surface area contributed by atoms with Crippen LogP contribution in [0.25, 0.3) is 11.1 Å². The molecule has 0 amide bonds. The Morgan fingerprint density at radius 1 is 1.11 bits per heavy atom. The molecule has 3 rings (SSSR count). The van der Waals surface area contributed by atoms with E-state index in [1.807, 2.05) is 31.2 Å². The fraction of sp³-hybridized carbons (Fsp3) is 0.458. The number of fused-ring (bicyclic) bond motifs is 1. The largest absolute Gasteiger partial charge is 0.493 e. The quantitative estimate of drug-likeness (QED) is 0.623. The first-order chi connectivity index (χ1) is 12.7. The predicted molar refractivity (Wildman–Crippen MR) is 111 cm³/mol. The van der Waals surface area contributed by atoms with Gasteiger partial charge in [-0.1, -0.05) is 58.0 Å². The monoisotopic (exact) mass is 368 g/mol. The van der Waals surface area contributed by atoms with Crippen molar-refractivity contribution >= 4 is 5.97 Å². The van der Waals surface area contributed by atoms with Gasteiger partial charge in [0.1, 0.15) is 5.75 Å². The molecule has 0 N–H and O–H groups in total. The first-order valence-corrected chi connectivity index (χ1v) is 9.63. The molecule has 2 aromatic carbocycles. The Kier molecular flexibility index (Phi) is 7.06. The molecule has 2 aromatic rings. The van der Waals surface area contributed by atoms with E-state index in [1.165, 1.54) is 12.7 Å². The standard InChI is InChI=1S/C19H20O3.C5H12/c1-13(19(20)21-2)16-7-3-4-8-17(16)14-9-10-18-15(12-14)6-5-11-22-18;1-5(2,3)4/h3-4,7-10,12-13H,5-6,11H2,1-2H3;1-4H3. The SMILES string of the molecule is CC(C)(C)C.COC(=O)C(C)c1ccccc1-c1ccc2c(c1)CCCO2. The van der Waals surface area contributed by atoms with Crippen LogP contribution in [-0.2, 0) is 16.0 Å². The van der Waals surface area contributed by atoms with Gasteiger partial charge in [-0.15, -0.1) is 0 Å². The van der Waals surface area contributed by atoms with E-state index in [9.17, 15) is 4.79 Å². The second-order valence-electron chi connectivity index (χ2n) is 8.61. The number of hydrogen-bond acceptors (Lipinski definition) is 3. The minimum absolute atomic E-state index is 0.214. The van der Waals surface area contributed by atoms with E-state index >= 15 is 0 Å². The van der Waals surface area contributed by atoms with Gasteiger partial charge < -0.3 is 9.47 Å². The van der Waals surface area contributed by atoms with E-state index in [4.69, 9.17) is 9.47 Å². The van der Waals surface area contributed by atoms with Crippen molar-refractivity contribution in [2.24, 2.45) is 5.41 Å². The van der Waals surface area contributed by atoms with Crippen molar-refractivity contribution in [2.75, 3.05) is 13.7 Å². The van der Waals surface area contributed by atoms with Gasteiger partial charge in [0.25, 0.3) is 0 Å². The molecule has 1 aliphatic rings. The van der Waals surface area contributed by atoms with Crippen LogP contribution < -0.4 is 4.74 Å². The van der Waals surface area contributed by atoms with E-state index in [2.05, 4.69) is 45.9 Å². The molecule has 3 nitrogen and oxygen atoms in total. The maximum Gasteiger partial charge on any atom is 0.312 e. The van der Waals surface area contributed by atoms with Gasteiger partial charge >= 0.3 is 5.97 Å². The molecule has 1 atom stereocenters. The molecule has 146 valence electrons. The molecular weight excluding hydrogens is 336 g/mol. The summed E-state index contributed by atoms with van der Waals surface area (Å²) in [4.78, 5) is 11.9. The average Bonchev–Trinajstić information content (AvgIpc) is 2.65. The fourth-order valence-corrected chi connectivity index (χ4v) is 2.97. The summed E-state index contributed by atoms with van der Waals surface area (Å²) < 4.78 is 10.6. The number of ether oxygens (including phenoxy) is 2. The van der Waals surface area contributed by atoms with Gasteiger partial charge in [0.2, 0.25) is 0 Å². The highest BCUT2D eigenvalue weighted by molar-refractivity contribution is 5.82. The molecule has 27 heavy (non-hydrogen) atoms. The third-order valence-corrected chi connectivity index (χ3v) is 4.20. The number of hydrogen-bond donors (Lipinski definition) is 0. The smallest absolute Gasteiger partial charge is 0.312 e. The molecule has 0 fully saturated rings. The topological polar surface area (TPSA) is 35.5 Å². The number of aryl methyl sites for hydroxylation is 1. The Morgan fingerprint density at radius 3 is 2.44 bits per heavy atom. The van der Waals surface area contributed by atoms with Crippen LogP contribution in [0.4, 0.5) is 0 Å². The summed E-state index contributed by atoms with van der Waals surface area (Å²) in [7, 11) is 1.43. The van der Waals surface area contributed by atoms with Crippen molar-refractivity contribution in [1.29, 1.82) is 0 Å². The zero-order valence-corrected chi connectivity index (χ0v) is 17.5. The van der Waals surface area contributed by atoms with Crippen molar-refractivity contribution < 1.29 is 14.3 Å². The Hall–Kier alpha value is -2.29. The van der Waals surface area contributed by atoms with Crippen molar-refractivity contribution in [1.82, 2.24) is 0 Å². The zero-order valence-electron chi connectivity index (χ0n) is 17.5. The van der Waals surface area contributed by atoms with Crippen LogP contribution in [0.5, 0.6) is 5.75 Å². The van der Waals surface area contributed by atoms with Crippen LogP contribution in [0.3, 0.4) is 0 Å². The summed E-state index contributed by atoms with van der Waals surface area (Å²) in [6.07, 6.45) is 2.09. The van der Waals surface area contributed by atoms with Gasteiger partial charge in [-0.3, -0.25) is 4.79 Å². The van der Waals surface area contributed by atoms with Crippen molar-refractivity contribution in [2.45, 2.75) is 53.4 Å². The first-order valence-electron chi connectivity index (χ1n) is 9.63. The highest BCUT2D eigenvalue weighted by atomic mass is 16.5. The van der Waals surface area contributed by atoms with Crippen LogP contribution in [0.1, 0.15) is 58.1 Å². The minimum Gasteiger partial charge on any atom is -0.493 e. The third-order valence-electron chi connectivity index (χ3n) is 4.20. The highest BCUT2D eigenvalue weighted by Crippen LogP contribution is 2.34. The summed E-state index contributed by atoms with van der Waals surface area (Å²) in [5, 5.41) is 0. The number of carbonyl (C=O) groups is 1. The molecule has 0 spiro atoms. The number of benzene rings is 2. The molecule has 0 radical (unpaired) electrons. The Morgan fingerprint density at radius 2 is 1.78 bits per heavy atom. The Labute approximate surface area is 163 Å². The average molecular weight is 369 g/mol. The molecule has 0 aromatic heterocycles.